The lowest BCUT2D eigenvalue weighted by Gasteiger charge is -2.20. The highest BCUT2D eigenvalue weighted by Crippen LogP contribution is 2.10. The summed E-state index contributed by atoms with van der Waals surface area (Å²) in [6.07, 6.45) is 2.53. The van der Waals surface area contributed by atoms with Gasteiger partial charge in [-0.25, -0.2) is 4.98 Å². The molecule has 1 heterocycles. The Morgan fingerprint density at radius 1 is 1.53 bits per heavy atom. The van der Waals surface area contributed by atoms with E-state index in [1.54, 1.807) is 31.1 Å². The number of aromatic nitrogens is 2. The summed E-state index contributed by atoms with van der Waals surface area (Å²) in [7, 11) is 1.77. The van der Waals surface area contributed by atoms with Crippen molar-refractivity contribution >= 4 is 11.9 Å². The minimum Gasteiger partial charge on any atom is -0.478 e. The van der Waals surface area contributed by atoms with Crippen LogP contribution >= 0.6 is 0 Å². The van der Waals surface area contributed by atoms with Crippen LogP contribution in [-0.2, 0) is 4.79 Å². The topological polar surface area (TPSA) is 67.3 Å². The predicted molar refractivity (Wildman–Crippen MR) is 74.2 cm³/mol. The van der Waals surface area contributed by atoms with Gasteiger partial charge < -0.3 is 15.0 Å². The Labute approximate surface area is 114 Å². The zero-order chi connectivity index (χ0) is 14.3. The highest BCUT2D eigenvalue weighted by molar-refractivity contribution is 5.83. The second-order valence-corrected chi connectivity index (χ2v) is 4.29. The molecule has 6 heteroatoms. The minimum atomic E-state index is -0.369. The lowest BCUT2D eigenvalue weighted by Crippen LogP contribution is -2.39. The third kappa shape index (κ3) is 4.73. The van der Waals surface area contributed by atoms with Gasteiger partial charge in [-0.3, -0.25) is 4.79 Å². The van der Waals surface area contributed by atoms with Crippen molar-refractivity contribution in [2.24, 2.45) is 0 Å². The molecule has 0 radical (unpaired) electrons. The van der Waals surface area contributed by atoms with Crippen molar-refractivity contribution in [2.45, 2.75) is 33.2 Å². The van der Waals surface area contributed by atoms with Crippen LogP contribution in [-0.4, -0.2) is 47.0 Å². The molecule has 0 spiro atoms. The summed E-state index contributed by atoms with van der Waals surface area (Å²) in [5, 5.41) is 2.98. The molecule has 0 saturated carbocycles. The standard InChI is InChI=1S/C13H22N4O2/c1-5-9-19-11-7-8-14-13(16-11)15-10(3)12(18)17(4)6-2/h7-8,10H,5-6,9H2,1-4H3,(H,14,15,16). The van der Waals surface area contributed by atoms with Crippen LogP contribution in [0.25, 0.3) is 0 Å². The first-order valence-electron chi connectivity index (χ1n) is 6.55. The van der Waals surface area contributed by atoms with Gasteiger partial charge in [0.25, 0.3) is 0 Å². The van der Waals surface area contributed by atoms with E-state index in [2.05, 4.69) is 15.3 Å². The predicted octanol–water partition coefficient (Wildman–Crippen LogP) is 1.54. The van der Waals surface area contributed by atoms with Crippen LogP contribution < -0.4 is 10.1 Å². The van der Waals surface area contributed by atoms with Gasteiger partial charge in [-0.1, -0.05) is 6.92 Å². The van der Waals surface area contributed by atoms with Gasteiger partial charge in [-0.15, -0.1) is 0 Å². The summed E-state index contributed by atoms with van der Waals surface area (Å²) in [6, 6.07) is 1.33. The Morgan fingerprint density at radius 2 is 2.26 bits per heavy atom. The number of nitrogens with zero attached hydrogens (tertiary/aromatic N) is 3. The third-order valence-corrected chi connectivity index (χ3v) is 2.65. The normalized spacial score (nSPS) is 11.8. The fraction of sp³-hybridized carbons (Fsp3) is 0.615. The molecule has 1 atom stereocenters. The summed E-state index contributed by atoms with van der Waals surface area (Å²) in [5.74, 6) is 0.924. The number of likely N-dealkylation sites (N-methyl/N-ethyl adjacent to an activating group) is 1. The molecule has 0 bridgehead atoms. The number of hydrogen-bond donors (Lipinski definition) is 1. The van der Waals surface area contributed by atoms with Crippen LogP contribution in [0.1, 0.15) is 27.2 Å². The molecule has 1 unspecified atom stereocenters. The number of amides is 1. The quantitative estimate of drug-likeness (QED) is 0.811. The highest BCUT2D eigenvalue weighted by atomic mass is 16.5. The van der Waals surface area contributed by atoms with Gasteiger partial charge in [0.05, 0.1) is 6.61 Å². The van der Waals surface area contributed by atoms with Crippen molar-refractivity contribution in [2.75, 3.05) is 25.5 Å². The molecule has 1 aromatic rings. The number of carbonyl (C=O) groups is 1. The van der Waals surface area contributed by atoms with Crippen LogP contribution in [0.4, 0.5) is 5.95 Å². The van der Waals surface area contributed by atoms with Crippen LogP contribution in [0.2, 0.25) is 0 Å². The zero-order valence-electron chi connectivity index (χ0n) is 12.0. The second kappa shape index (κ2) is 7.56. The first kappa shape index (κ1) is 15.2. The maximum Gasteiger partial charge on any atom is 0.244 e. The van der Waals surface area contributed by atoms with E-state index >= 15 is 0 Å². The molecule has 1 aromatic heterocycles. The first-order chi connectivity index (χ1) is 9.08. The molecule has 106 valence electrons. The average Bonchev–Trinajstić information content (AvgIpc) is 2.43. The molecule has 0 aromatic carbocycles. The van der Waals surface area contributed by atoms with E-state index in [1.807, 2.05) is 13.8 Å². The number of carbonyl (C=O) groups excluding carboxylic acids is 1. The van der Waals surface area contributed by atoms with Crippen molar-refractivity contribution in [3.8, 4) is 5.88 Å². The molecule has 6 nitrogen and oxygen atoms in total. The van der Waals surface area contributed by atoms with Crippen molar-refractivity contribution in [3.05, 3.63) is 12.3 Å². The minimum absolute atomic E-state index is 0.00554. The fourth-order valence-electron chi connectivity index (χ4n) is 1.44. The van der Waals surface area contributed by atoms with E-state index in [9.17, 15) is 4.79 Å². The molecule has 1 amide bonds. The van der Waals surface area contributed by atoms with Gasteiger partial charge in [-0.05, 0) is 20.3 Å². The molecule has 1 rings (SSSR count). The lowest BCUT2D eigenvalue weighted by atomic mass is 10.3. The summed E-state index contributed by atoms with van der Waals surface area (Å²) in [4.78, 5) is 21.8. The third-order valence-electron chi connectivity index (χ3n) is 2.65. The maximum absolute atomic E-state index is 11.9. The Bertz CT molecular complexity index is 411. The van der Waals surface area contributed by atoms with E-state index in [1.165, 1.54) is 0 Å². The van der Waals surface area contributed by atoms with Crippen LogP contribution in [0.15, 0.2) is 12.3 Å². The molecule has 19 heavy (non-hydrogen) atoms. The van der Waals surface area contributed by atoms with Gasteiger partial charge in [-0.2, -0.15) is 4.98 Å². The van der Waals surface area contributed by atoms with E-state index < -0.39 is 0 Å². The number of nitrogens with one attached hydrogen (secondary N) is 1. The second-order valence-electron chi connectivity index (χ2n) is 4.29. The molecule has 0 saturated heterocycles. The zero-order valence-corrected chi connectivity index (χ0v) is 12.0. The van der Waals surface area contributed by atoms with Gasteiger partial charge in [0.2, 0.25) is 17.7 Å². The largest absolute Gasteiger partial charge is 0.478 e. The average molecular weight is 266 g/mol. The summed E-state index contributed by atoms with van der Waals surface area (Å²) < 4.78 is 5.42. The van der Waals surface area contributed by atoms with Crippen molar-refractivity contribution in [1.82, 2.24) is 14.9 Å². The van der Waals surface area contributed by atoms with Crippen molar-refractivity contribution in [3.63, 3.8) is 0 Å². The van der Waals surface area contributed by atoms with E-state index in [-0.39, 0.29) is 11.9 Å². The SMILES string of the molecule is CCCOc1ccnc(NC(C)C(=O)N(C)CC)n1. The van der Waals surface area contributed by atoms with Crippen molar-refractivity contribution in [1.29, 1.82) is 0 Å². The van der Waals surface area contributed by atoms with Crippen LogP contribution in [0.5, 0.6) is 5.88 Å². The van der Waals surface area contributed by atoms with Crippen molar-refractivity contribution < 1.29 is 9.53 Å². The summed E-state index contributed by atoms with van der Waals surface area (Å²) >= 11 is 0. The number of hydrogen-bond acceptors (Lipinski definition) is 5. The number of anilines is 1. The molecule has 0 aliphatic rings. The Morgan fingerprint density at radius 3 is 2.89 bits per heavy atom. The highest BCUT2D eigenvalue weighted by Gasteiger charge is 2.17. The lowest BCUT2D eigenvalue weighted by molar-refractivity contribution is -0.130. The van der Waals surface area contributed by atoms with Crippen LogP contribution in [0, 0.1) is 0 Å². The first-order valence-corrected chi connectivity index (χ1v) is 6.55. The van der Waals surface area contributed by atoms with Gasteiger partial charge in [0.15, 0.2) is 0 Å². The number of ether oxygens (including phenoxy) is 1. The summed E-state index contributed by atoms with van der Waals surface area (Å²) in [6.45, 7) is 7.04. The Balaban J connectivity index is 2.63. The molecule has 0 aliphatic carbocycles. The molecular formula is C13H22N4O2. The number of rotatable bonds is 7. The van der Waals surface area contributed by atoms with E-state index in [4.69, 9.17) is 4.74 Å². The Kier molecular flexibility index (Phi) is 6.05. The smallest absolute Gasteiger partial charge is 0.244 e. The maximum atomic E-state index is 11.9. The molecule has 0 fully saturated rings. The van der Waals surface area contributed by atoms with Crippen LogP contribution in [0.3, 0.4) is 0 Å². The van der Waals surface area contributed by atoms with E-state index in [0.29, 0.717) is 25.0 Å². The molecular weight excluding hydrogens is 244 g/mol. The molecule has 1 N–H and O–H groups in total. The van der Waals surface area contributed by atoms with Gasteiger partial charge >= 0.3 is 0 Å². The van der Waals surface area contributed by atoms with Gasteiger partial charge in [0, 0.05) is 25.9 Å². The van der Waals surface area contributed by atoms with E-state index in [0.717, 1.165) is 6.42 Å². The molecule has 0 aliphatic heterocycles. The Hall–Kier alpha value is -1.85. The summed E-state index contributed by atoms with van der Waals surface area (Å²) in [5.41, 5.74) is 0. The fourth-order valence-corrected chi connectivity index (χ4v) is 1.44. The van der Waals surface area contributed by atoms with Gasteiger partial charge in [0.1, 0.15) is 6.04 Å². The monoisotopic (exact) mass is 266 g/mol.